The molecule has 1 aromatic heterocycles. The lowest BCUT2D eigenvalue weighted by Gasteiger charge is -2.24. The van der Waals surface area contributed by atoms with Crippen molar-refractivity contribution in [3.63, 3.8) is 0 Å². The summed E-state index contributed by atoms with van der Waals surface area (Å²) in [5.74, 6) is -1.27. The Balaban J connectivity index is 1.49. The molecule has 0 aliphatic carbocycles. The van der Waals surface area contributed by atoms with Crippen molar-refractivity contribution < 1.29 is 18.8 Å². The molecule has 1 fully saturated rings. The van der Waals surface area contributed by atoms with Crippen LogP contribution in [0.4, 0.5) is 4.39 Å². The lowest BCUT2D eigenvalue weighted by atomic mass is 10.1. The number of aromatic nitrogens is 1. The van der Waals surface area contributed by atoms with Gasteiger partial charge in [-0.2, -0.15) is 0 Å². The van der Waals surface area contributed by atoms with Crippen molar-refractivity contribution in [2.24, 2.45) is 0 Å². The van der Waals surface area contributed by atoms with Gasteiger partial charge in [0.1, 0.15) is 18.4 Å². The second-order valence-electron chi connectivity index (χ2n) is 8.06. The van der Waals surface area contributed by atoms with Gasteiger partial charge in [-0.15, -0.1) is 0 Å². The highest BCUT2D eigenvalue weighted by molar-refractivity contribution is 6.31. The Kier molecular flexibility index (Phi) is 6.72. The number of hydrogen-bond donors (Lipinski definition) is 1. The van der Waals surface area contributed by atoms with Crippen molar-refractivity contribution in [2.45, 2.75) is 38.9 Å². The normalized spacial score (nSPS) is 15.8. The van der Waals surface area contributed by atoms with Gasteiger partial charge in [-0.1, -0.05) is 41.4 Å². The van der Waals surface area contributed by atoms with Crippen LogP contribution in [0.1, 0.15) is 35.7 Å². The molecule has 3 aromatic rings. The molecular formula is C24H22Cl2FN3O3. The summed E-state index contributed by atoms with van der Waals surface area (Å²) < 4.78 is 15.8. The number of nitrogens with one attached hydrogen (secondary N) is 1. The van der Waals surface area contributed by atoms with E-state index in [1.165, 1.54) is 17.9 Å². The van der Waals surface area contributed by atoms with E-state index >= 15 is 0 Å². The third kappa shape index (κ3) is 4.75. The first-order valence-electron chi connectivity index (χ1n) is 10.6. The van der Waals surface area contributed by atoms with Crippen LogP contribution in [0.5, 0.6) is 0 Å². The fraction of sp³-hybridized carbons (Fsp3) is 0.292. The van der Waals surface area contributed by atoms with Crippen LogP contribution < -0.4 is 5.32 Å². The number of halogens is 3. The van der Waals surface area contributed by atoms with E-state index in [0.29, 0.717) is 35.5 Å². The molecule has 4 rings (SSSR count). The zero-order valence-electron chi connectivity index (χ0n) is 17.9. The van der Waals surface area contributed by atoms with Crippen molar-refractivity contribution in [3.8, 4) is 0 Å². The molecule has 2 aromatic carbocycles. The van der Waals surface area contributed by atoms with Crippen LogP contribution in [-0.2, 0) is 22.7 Å². The Morgan fingerprint density at radius 1 is 1.18 bits per heavy atom. The lowest BCUT2D eigenvalue weighted by molar-refractivity contribution is -0.138. The van der Waals surface area contributed by atoms with Gasteiger partial charge in [-0.05, 0) is 38.0 Å². The first-order valence-corrected chi connectivity index (χ1v) is 11.3. The average Bonchev–Trinajstić information content (AvgIpc) is 3.40. The van der Waals surface area contributed by atoms with Gasteiger partial charge in [-0.3, -0.25) is 14.4 Å². The second-order valence-corrected chi connectivity index (χ2v) is 8.91. The Morgan fingerprint density at radius 3 is 2.73 bits per heavy atom. The second kappa shape index (κ2) is 9.53. The van der Waals surface area contributed by atoms with Crippen LogP contribution in [0, 0.1) is 5.82 Å². The van der Waals surface area contributed by atoms with Crippen molar-refractivity contribution >= 4 is 51.7 Å². The molecule has 2 amide bonds. The molecule has 1 aliphatic heterocycles. The van der Waals surface area contributed by atoms with E-state index in [2.05, 4.69) is 5.32 Å². The number of fused-ring (bicyclic) bond motifs is 1. The number of amides is 2. The van der Waals surface area contributed by atoms with Crippen molar-refractivity contribution in [3.05, 3.63) is 69.6 Å². The molecule has 9 heteroatoms. The molecule has 1 N–H and O–H groups in total. The molecule has 1 aliphatic rings. The number of hydrogen-bond acceptors (Lipinski definition) is 3. The number of likely N-dealkylation sites (tertiary alicyclic amines) is 1. The third-order valence-electron chi connectivity index (χ3n) is 5.89. The number of carbonyl (C=O) groups excluding carboxylic acids is 3. The minimum absolute atomic E-state index is 0.0107. The largest absolute Gasteiger partial charge is 0.350 e. The van der Waals surface area contributed by atoms with E-state index in [0.717, 1.165) is 5.39 Å². The summed E-state index contributed by atoms with van der Waals surface area (Å²) in [7, 11) is 0. The van der Waals surface area contributed by atoms with Crippen LogP contribution in [0.2, 0.25) is 10.0 Å². The standard InChI is InChI=1S/C24H22Cl2FN3O3/c1-14(31)18-12-29(21-10-16(25)7-8-17(18)21)13-22(32)30-9-3-6-20(30)24(33)28-11-15-4-2-5-19(26)23(15)27/h2,4-5,7-8,10,12,20H,3,6,9,11,13H2,1H3,(H,28,33)/t20-/m0/s1. The average molecular weight is 490 g/mol. The topological polar surface area (TPSA) is 71.4 Å². The lowest BCUT2D eigenvalue weighted by Crippen LogP contribution is -2.46. The number of Topliss-reactive ketones (excluding diaryl/α,β-unsaturated/α-hetero) is 1. The van der Waals surface area contributed by atoms with Crippen molar-refractivity contribution in [1.82, 2.24) is 14.8 Å². The predicted molar refractivity (Wildman–Crippen MR) is 125 cm³/mol. The van der Waals surface area contributed by atoms with Gasteiger partial charge in [0.15, 0.2) is 5.78 Å². The number of nitrogens with zero attached hydrogens (tertiary/aromatic N) is 2. The molecule has 2 heterocycles. The van der Waals surface area contributed by atoms with Gasteiger partial charge in [-0.25, -0.2) is 4.39 Å². The number of ketones is 1. The van der Waals surface area contributed by atoms with Crippen LogP contribution in [0.3, 0.4) is 0 Å². The molecule has 0 saturated carbocycles. The van der Waals surface area contributed by atoms with Gasteiger partial charge in [0.25, 0.3) is 0 Å². The van der Waals surface area contributed by atoms with E-state index < -0.39 is 11.9 Å². The van der Waals surface area contributed by atoms with E-state index in [9.17, 15) is 18.8 Å². The molecule has 0 unspecified atom stereocenters. The quantitative estimate of drug-likeness (QED) is 0.514. The first kappa shape index (κ1) is 23.3. The predicted octanol–water partition coefficient (Wildman–Crippen LogP) is 4.60. The number of benzene rings is 2. The van der Waals surface area contributed by atoms with Crippen LogP contribution in [-0.4, -0.2) is 39.7 Å². The highest BCUT2D eigenvalue weighted by Gasteiger charge is 2.34. The summed E-state index contributed by atoms with van der Waals surface area (Å²) >= 11 is 11.9. The summed E-state index contributed by atoms with van der Waals surface area (Å²) in [5.41, 5.74) is 1.46. The van der Waals surface area contributed by atoms with Gasteiger partial charge in [0.05, 0.1) is 10.5 Å². The molecule has 6 nitrogen and oxygen atoms in total. The number of carbonyl (C=O) groups is 3. The minimum atomic E-state index is -0.641. The van der Waals surface area contributed by atoms with Gasteiger partial charge >= 0.3 is 0 Å². The summed E-state index contributed by atoms with van der Waals surface area (Å²) in [6.07, 6.45) is 2.85. The maximum atomic E-state index is 14.1. The maximum Gasteiger partial charge on any atom is 0.243 e. The molecule has 172 valence electrons. The molecule has 0 spiro atoms. The van der Waals surface area contributed by atoms with E-state index in [4.69, 9.17) is 23.2 Å². The van der Waals surface area contributed by atoms with Crippen molar-refractivity contribution in [2.75, 3.05) is 6.54 Å². The smallest absolute Gasteiger partial charge is 0.243 e. The Labute approximate surface area is 200 Å². The van der Waals surface area contributed by atoms with E-state index in [-0.39, 0.29) is 41.3 Å². The highest BCUT2D eigenvalue weighted by Crippen LogP contribution is 2.26. The molecular weight excluding hydrogens is 468 g/mol. The molecule has 1 atom stereocenters. The molecule has 33 heavy (non-hydrogen) atoms. The summed E-state index contributed by atoms with van der Waals surface area (Å²) in [6, 6.07) is 9.13. The monoisotopic (exact) mass is 489 g/mol. The van der Waals surface area contributed by atoms with E-state index in [1.54, 1.807) is 41.1 Å². The van der Waals surface area contributed by atoms with Gasteiger partial charge in [0.2, 0.25) is 11.8 Å². The molecule has 0 radical (unpaired) electrons. The zero-order chi connectivity index (χ0) is 23.7. The summed E-state index contributed by atoms with van der Waals surface area (Å²) in [5, 5.41) is 3.92. The number of rotatable bonds is 6. The van der Waals surface area contributed by atoms with Gasteiger partial charge < -0.3 is 14.8 Å². The Morgan fingerprint density at radius 2 is 1.97 bits per heavy atom. The molecule has 1 saturated heterocycles. The Hall–Kier alpha value is -2.90. The zero-order valence-corrected chi connectivity index (χ0v) is 19.4. The minimum Gasteiger partial charge on any atom is -0.350 e. The summed E-state index contributed by atoms with van der Waals surface area (Å²) in [6.45, 7) is 1.87. The fourth-order valence-electron chi connectivity index (χ4n) is 4.24. The van der Waals surface area contributed by atoms with Crippen LogP contribution >= 0.6 is 23.2 Å². The van der Waals surface area contributed by atoms with Crippen molar-refractivity contribution in [1.29, 1.82) is 0 Å². The summed E-state index contributed by atoms with van der Waals surface area (Å²) in [4.78, 5) is 39.5. The molecule has 0 bridgehead atoms. The van der Waals surface area contributed by atoms with E-state index in [1.807, 2.05) is 0 Å². The van der Waals surface area contributed by atoms with Crippen LogP contribution in [0.15, 0.2) is 42.6 Å². The highest BCUT2D eigenvalue weighted by atomic mass is 35.5. The Bertz CT molecular complexity index is 1260. The fourth-order valence-corrected chi connectivity index (χ4v) is 4.60. The van der Waals surface area contributed by atoms with Gasteiger partial charge in [0, 0.05) is 40.8 Å². The third-order valence-corrected chi connectivity index (χ3v) is 6.42. The first-order chi connectivity index (χ1) is 15.8. The van der Waals surface area contributed by atoms with Crippen LogP contribution in [0.25, 0.3) is 10.9 Å². The maximum absolute atomic E-state index is 14.1. The SMILES string of the molecule is CC(=O)c1cn(CC(=O)N2CCC[C@H]2C(=O)NCc2cccc(Cl)c2F)c2cc(Cl)ccc12.